The Labute approximate surface area is 156 Å². The van der Waals surface area contributed by atoms with Gasteiger partial charge in [0.2, 0.25) is 0 Å². The molecule has 4 rings (SSSR count). The van der Waals surface area contributed by atoms with Crippen LogP contribution in [0.3, 0.4) is 0 Å². The van der Waals surface area contributed by atoms with Crippen LogP contribution in [0.15, 0.2) is 48.8 Å². The van der Waals surface area contributed by atoms with Crippen molar-refractivity contribution in [1.82, 2.24) is 14.9 Å². The third-order valence-electron chi connectivity index (χ3n) is 4.77. The molecule has 0 aliphatic carbocycles. The van der Waals surface area contributed by atoms with Gasteiger partial charge < -0.3 is 10.6 Å². The minimum absolute atomic E-state index is 0.0370. The van der Waals surface area contributed by atoms with Crippen molar-refractivity contribution in [2.45, 2.75) is 13.0 Å². The number of amides is 1. The van der Waals surface area contributed by atoms with Crippen LogP contribution >= 0.6 is 11.8 Å². The standard InChI is InChI=1S/C20H20N4OS/c1-13-2-4-14(5-3-13)18-11-26-9-8-24(18)20(25)15-6-7-16-17(10-15)22-12-23-19(16)21/h2-7,10,12,18H,8-9,11H2,1H3,(H2,21,22,23). The van der Waals surface area contributed by atoms with Crippen LogP contribution in [-0.2, 0) is 0 Å². The summed E-state index contributed by atoms with van der Waals surface area (Å²) in [6.45, 7) is 2.82. The van der Waals surface area contributed by atoms with Crippen molar-refractivity contribution >= 4 is 34.4 Å². The third kappa shape index (κ3) is 3.12. The SMILES string of the molecule is Cc1ccc(C2CSCCN2C(=O)c2ccc3c(N)ncnc3c2)cc1. The lowest BCUT2D eigenvalue weighted by atomic mass is 10.0. The summed E-state index contributed by atoms with van der Waals surface area (Å²) >= 11 is 1.89. The topological polar surface area (TPSA) is 72.1 Å². The fourth-order valence-electron chi connectivity index (χ4n) is 3.29. The van der Waals surface area contributed by atoms with E-state index in [9.17, 15) is 4.79 Å². The number of carbonyl (C=O) groups is 1. The molecule has 1 aromatic heterocycles. The summed E-state index contributed by atoms with van der Waals surface area (Å²) in [4.78, 5) is 23.5. The predicted molar refractivity (Wildman–Crippen MR) is 106 cm³/mol. The van der Waals surface area contributed by atoms with Crippen LogP contribution in [0, 0.1) is 6.92 Å². The number of hydrogen-bond acceptors (Lipinski definition) is 5. The van der Waals surface area contributed by atoms with Crippen molar-refractivity contribution in [3.63, 3.8) is 0 Å². The highest BCUT2D eigenvalue weighted by atomic mass is 32.2. The van der Waals surface area contributed by atoms with Gasteiger partial charge >= 0.3 is 0 Å². The van der Waals surface area contributed by atoms with Crippen LogP contribution in [0.2, 0.25) is 0 Å². The fourth-order valence-corrected chi connectivity index (χ4v) is 4.38. The number of fused-ring (bicyclic) bond motifs is 1. The first-order chi connectivity index (χ1) is 12.6. The van der Waals surface area contributed by atoms with Gasteiger partial charge in [0.25, 0.3) is 5.91 Å². The quantitative estimate of drug-likeness (QED) is 0.754. The molecule has 1 fully saturated rings. The van der Waals surface area contributed by atoms with E-state index in [1.54, 1.807) is 0 Å². The number of aromatic nitrogens is 2. The number of benzene rings is 2. The summed E-state index contributed by atoms with van der Waals surface area (Å²) in [5.41, 5.74) is 9.63. The third-order valence-corrected chi connectivity index (χ3v) is 5.79. The zero-order valence-corrected chi connectivity index (χ0v) is 15.4. The first-order valence-corrected chi connectivity index (χ1v) is 9.74. The van der Waals surface area contributed by atoms with Gasteiger partial charge in [-0.25, -0.2) is 9.97 Å². The zero-order chi connectivity index (χ0) is 18.1. The predicted octanol–water partition coefficient (Wildman–Crippen LogP) is 3.45. The van der Waals surface area contributed by atoms with Gasteiger partial charge in [-0.2, -0.15) is 11.8 Å². The van der Waals surface area contributed by atoms with E-state index in [0.717, 1.165) is 23.4 Å². The van der Waals surface area contributed by atoms with Crippen LogP contribution < -0.4 is 5.73 Å². The van der Waals surface area contributed by atoms with Crippen LogP contribution in [0.5, 0.6) is 0 Å². The lowest BCUT2D eigenvalue weighted by Gasteiger charge is -2.36. The maximum absolute atomic E-state index is 13.2. The first kappa shape index (κ1) is 16.8. The second-order valence-corrected chi connectivity index (χ2v) is 7.64. The van der Waals surface area contributed by atoms with Gasteiger partial charge in [-0.3, -0.25) is 4.79 Å². The van der Waals surface area contributed by atoms with Gasteiger partial charge in [0, 0.05) is 29.0 Å². The summed E-state index contributed by atoms with van der Waals surface area (Å²) in [7, 11) is 0. The van der Waals surface area contributed by atoms with Gasteiger partial charge in [-0.05, 0) is 30.7 Å². The molecule has 0 radical (unpaired) electrons. The highest BCUT2D eigenvalue weighted by molar-refractivity contribution is 7.99. The van der Waals surface area contributed by atoms with Gasteiger partial charge in [0.05, 0.1) is 11.6 Å². The van der Waals surface area contributed by atoms with E-state index in [1.165, 1.54) is 17.5 Å². The number of thioether (sulfide) groups is 1. The van der Waals surface area contributed by atoms with Gasteiger partial charge in [0.1, 0.15) is 12.1 Å². The molecule has 0 saturated carbocycles. The highest BCUT2D eigenvalue weighted by Gasteiger charge is 2.29. The molecule has 2 heterocycles. The normalized spacial score (nSPS) is 17.4. The summed E-state index contributed by atoms with van der Waals surface area (Å²) in [6, 6.07) is 14.0. The molecule has 5 nitrogen and oxygen atoms in total. The molecule has 1 saturated heterocycles. The molecular weight excluding hydrogens is 344 g/mol. The largest absolute Gasteiger partial charge is 0.383 e. The Morgan fingerprint density at radius 1 is 1.19 bits per heavy atom. The van der Waals surface area contributed by atoms with Gasteiger partial charge in [-0.15, -0.1) is 0 Å². The number of nitrogens with two attached hydrogens (primary N) is 1. The summed E-state index contributed by atoms with van der Waals surface area (Å²) in [5.74, 6) is 2.34. The Morgan fingerprint density at radius 3 is 2.81 bits per heavy atom. The number of rotatable bonds is 2. The molecule has 1 atom stereocenters. The lowest BCUT2D eigenvalue weighted by Crippen LogP contribution is -2.40. The molecule has 3 aromatic rings. The number of hydrogen-bond donors (Lipinski definition) is 1. The van der Waals surface area contributed by atoms with Crippen LogP contribution in [-0.4, -0.2) is 38.8 Å². The molecule has 6 heteroatoms. The van der Waals surface area contributed by atoms with Crippen molar-refractivity contribution < 1.29 is 4.79 Å². The van der Waals surface area contributed by atoms with E-state index in [2.05, 4.69) is 41.2 Å². The molecule has 1 aliphatic rings. The number of carbonyl (C=O) groups excluding carboxylic acids is 1. The van der Waals surface area contributed by atoms with E-state index in [0.29, 0.717) is 16.9 Å². The van der Waals surface area contributed by atoms with E-state index < -0.39 is 0 Å². The maximum atomic E-state index is 13.2. The van der Waals surface area contributed by atoms with Crippen LogP contribution in [0.25, 0.3) is 10.9 Å². The van der Waals surface area contributed by atoms with Crippen molar-refractivity contribution in [2.75, 3.05) is 23.8 Å². The Morgan fingerprint density at radius 2 is 2.00 bits per heavy atom. The smallest absolute Gasteiger partial charge is 0.254 e. The molecule has 1 amide bonds. The van der Waals surface area contributed by atoms with Crippen molar-refractivity contribution in [3.05, 3.63) is 65.5 Å². The number of nitrogens with zero attached hydrogens (tertiary/aromatic N) is 3. The molecule has 132 valence electrons. The summed E-state index contributed by atoms with van der Waals surface area (Å²) in [5, 5.41) is 0.772. The zero-order valence-electron chi connectivity index (χ0n) is 14.6. The number of aryl methyl sites for hydroxylation is 1. The Kier molecular flexibility index (Phi) is 4.51. The first-order valence-electron chi connectivity index (χ1n) is 8.59. The van der Waals surface area contributed by atoms with Crippen molar-refractivity contribution in [3.8, 4) is 0 Å². The second-order valence-electron chi connectivity index (χ2n) is 6.49. The van der Waals surface area contributed by atoms with Gasteiger partial charge in [0.15, 0.2) is 0 Å². The Balaban J connectivity index is 1.68. The van der Waals surface area contributed by atoms with E-state index in [-0.39, 0.29) is 11.9 Å². The summed E-state index contributed by atoms with van der Waals surface area (Å²) < 4.78 is 0. The van der Waals surface area contributed by atoms with Gasteiger partial charge in [-0.1, -0.05) is 29.8 Å². The maximum Gasteiger partial charge on any atom is 0.254 e. The van der Waals surface area contributed by atoms with Crippen molar-refractivity contribution in [2.24, 2.45) is 0 Å². The van der Waals surface area contributed by atoms with E-state index >= 15 is 0 Å². The molecule has 2 aromatic carbocycles. The second kappa shape index (κ2) is 6.96. The Bertz CT molecular complexity index is 958. The Hall–Kier alpha value is -2.60. The molecule has 2 N–H and O–H groups in total. The molecule has 1 unspecified atom stereocenters. The van der Waals surface area contributed by atoms with E-state index in [1.807, 2.05) is 34.9 Å². The molecular formula is C20H20N4OS. The molecule has 1 aliphatic heterocycles. The molecule has 0 bridgehead atoms. The molecule has 0 spiro atoms. The number of anilines is 1. The highest BCUT2D eigenvalue weighted by Crippen LogP contribution is 2.31. The molecule has 26 heavy (non-hydrogen) atoms. The average molecular weight is 364 g/mol. The van der Waals surface area contributed by atoms with Crippen molar-refractivity contribution in [1.29, 1.82) is 0 Å². The average Bonchev–Trinajstić information content (AvgIpc) is 2.68. The number of nitrogen functional groups attached to an aromatic ring is 1. The van der Waals surface area contributed by atoms with Crippen LogP contribution in [0.4, 0.5) is 5.82 Å². The monoisotopic (exact) mass is 364 g/mol. The summed E-state index contributed by atoms with van der Waals surface area (Å²) in [6.07, 6.45) is 1.43. The lowest BCUT2D eigenvalue weighted by molar-refractivity contribution is 0.0701. The van der Waals surface area contributed by atoms with E-state index in [4.69, 9.17) is 5.73 Å². The minimum Gasteiger partial charge on any atom is -0.383 e. The minimum atomic E-state index is 0.0370. The fraction of sp³-hybridized carbons (Fsp3) is 0.250. The van der Waals surface area contributed by atoms with Crippen LogP contribution in [0.1, 0.15) is 27.5 Å².